The van der Waals surface area contributed by atoms with E-state index in [1.54, 1.807) is 0 Å². The second kappa shape index (κ2) is 5.82. The van der Waals surface area contributed by atoms with Gasteiger partial charge >= 0.3 is 0 Å². The first-order valence-electron chi connectivity index (χ1n) is 7.07. The molecule has 0 fully saturated rings. The molecule has 0 saturated heterocycles. The van der Waals surface area contributed by atoms with Gasteiger partial charge in [0.2, 0.25) is 0 Å². The van der Waals surface area contributed by atoms with Crippen molar-refractivity contribution in [2.75, 3.05) is 6.54 Å². The molecule has 0 atom stereocenters. The van der Waals surface area contributed by atoms with Crippen LogP contribution in [0.15, 0.2) is 54.7 Å². The normalized spacial score (nSPS) is 10.7. The fraction of sp³-hybridized carbons (Fsp3) is 0.167. The standard InChI is InChI=1S/C18H17N3/c19-9-7-16-5-2-6-17-8-10-21(18(16)17)13-15-4-1-3-14(11-15)12-20/h1-6,8,10-11H,7,9,13,19H2. The lowest BCUT2D eigenvalue weighted by atomic mass is 10.1. The van der Waals surface area contributed by atoms with E-state index < -0.39 is 0 Å². The maximum absolute atomic E-state index is 9.00. The summed E-state index contributed by atoms with van der Waals surface area (Å²) in [4.78, 5) is 0. The van der Waals surface area contributed by atoms with Crippen LogP contribution >= 0.6 is 0 Å². The Labute approximate surface area is 124 Å². The second-order valence-electron chi connectivity index (χ2n) is 5.15. The fourth-order valence-corrected chi connectivity index (χ4v) is 2.77. The Morgan fingerprint density at radius 3 is 2.76 bits per heavy atom. The average Bonchev–Trinajstić information content (AvgIpc) is 2.92. The van der Waals surface area contributed by atoms with Crippen molar-refractivity contribution in [2.45, 2.75) is 13.0 Å². The first kappa shape index (κ1) is 13.4. The fourth-order valence-electron chi connectivity index (χ4n) is 2.77. The van der Waals surface area contributed by atoms with Crippen molar-refractivity contribution < 1.29 is 0 Å². The number of nitriles is 1. The largest absolute Gasteiger partial charge is 0.343 e. The van der Waals surface area contributed by atoms with Gasteiger partial charge in [-0.15, -0.1) is 0 Å². The zero-order chi connectivity index (χ0) is 14.7. The molecule has 0 aliphatic rings. The van der Waals surface area contributed by atoms with Gasteiger partial charge in [-0.25, -0.2) is 0 Å². The van der Waals surface area contributed by atoms with Crippen LogP contribution in [0.4, 0.5) is 0 Å². The maximum Gasteiger partial charge on any atom is 0.0991 e. The molecule has 1 heterocycles. The number of benzene rings is 2. The molecular formula is C18H17N3. The molecule has 0 bridgehead atoms. The number of nitrogens with zero attached hydrogens (tertiary/aromatic N) is 2. The molecular weight excluding hydrogens is 258 g/mol. The smallest absolute Gasteiger partial charge is 0.0991 e. The van der Waals surface area contributed by atoms with Crippen LogP contribution in [0.2, 0.25) is 0 Å². The number of rotatable bonds is 4. The summed E-state index contributed by atoms with van der Waals surface area (Å²) in [7, 11) is 0. The number of para-hydroxylation sites is 1. The summed E-state index contributed by atoms with van der Waals surface area (Å²) in [5.74, 6) is 0. The summed E-state index contributed by atoms with van der Waals surface area (Å²) in [6, 6.07) is 18.4. The number of nitrogens with two attached hydrogens (primary N) is 1. The summed E-state index contributed by atoms with van der Waals surface area (Å²) < 4.78 is 2.23. The second-order valence-corrected chi connectivity index (χ2v) is 5.15. The third-order valence-electron chi connectivity index (χ3n) is 3.69. The molecule has 104 valence electrons. The highest BCUT2D eigenvalue weighted by atomic mass is 15.0. The molecule has 0 unspecified atom stereocenters. The Bertz CT molecular complexity index is 809. The van der Waals surface area contributed by atoms with Crippen LogP contribution in [0.5, 0.6) is 0 Å². The monoisotopic (exact) mass is 275 g/mol. The van der Waals surface area contributed by atoms with E-state index in [2.05, 4.69) is 47.2 Å². The van der Waals surface area contributed by atoms with E-state index in [-0.39, 0.29) is 0 Å². The van der Waals surface area contributed by atoms with Crippen molar-refractivity contribution in [3.63, 3.8) is 0 Å². The molecule has 0 amide bonds. The Balaban J connectivity index is 2.02. The van der Waals surface area contributed by atoms with Crippen molar-refractivity contribution in [1.82, 2.24) is 4.57 Å². The van der Waals surface area contributed by atoms with Crippen LogP contribution < -0.4 is 5.73 Å². The number of aromatic nitrogens is 1. The number of hydrogen-bond acceptors (Lipinski definition) is 2. The molecule has 1 aromatic heterocycles. The molecule has 2 aromatic carbocycles. The lowest BCUT2D eigenvalue weighted by Gasteiger charge is -2.10. The van der Waals surface area contributed by atoms with Gasteiger partial charge in [0.1, 0.15) is 0 Å². The quantitative estimate of drug-likeness (QED) is 0.795. The van der Waals surface area contributed by atoms with Crippen LogP contribution in [0.1, 0.15) is 16.7 Å². The highest BCUT2D eigenvalue weighted by Gasteiger charge is 2.07. The predicted molar refractivity (Wildman–Crippen MR) is 85.0 cm³/mol. The van der Waals surface area contributed by atoms with Crippen molar-refractivity contribution >= 4 is 10.9 Å². The van der Waals surface area contributed by atoms with Crippen molar-refractivity contribution in [2.24, 2.45) is 5.73 Å². The third-order valence-corrected chi connectivity index (χ3v) is 3.69. The van der Waals surface area contributed by atoms with E-state index in [1.165, 1.54) is 16.5 Å². The van der Waals surface area contributed by atoms with Gasteiger partial charge in [-0.05, 0) is 47.7 Å². The first-order chi connectivity index (χ1) is 10.3. The van der Waals surface area contributed by atoms with Gasteiger partial charge in [0.05, 0.1) is 17.1 Å². The topological polar surface area (TPSA) is 54.7 Å². The lowest BCUT2D eigenvalue weighted by Crippen LogP contribution is -2.06. The van der Waals surface area contributed by atoms with Gasteiger partial charge < -0.3 is 10.3 Å². The summed E-state index contributed by atoms with van der Waals surface area (Å²) >= 11 is 0. The van der Waals surface area contributed by atoms with Crippen LogP contribution in [0, 0.1) is 11.3 Å². The summed E-state index contributed by atoms with van der Waals surface area (Å²) in [6.45, 7) is 1.41. The van der Waals surface area contributed by atoms with Gasteiger partial charge in [0, 0.05) is 12.7 Å². The van der Waals surface area contributed by atoms with Crippen molar-refractivity contribution in [3.05, 3.63) is 71.4 Å². The molecule has 3 aromatic rings. The Hall–Kier alpha value is -2.57. The van der Waals surface area contributed by atoms with E-state index in [4.69, 9.17) is 11.0 Å². The molecule has 0 saturated carbocycles. The highest BCUT2D eigenvalue weighted by Crippen LogP contribution is 2.22. The van der Waals surface area contributed by atoms with E-state index in [0.717, 1.165) is 18.5 Å². The van der Waals surface area contributed by atoms with E-state index in [1.807, 2.05) is 18.2 Å². The predicted octanol–water partition coefficient (Wildman–Crippen LogP) is 3.06. The van der Waals surface area contributed by atoms with Gasteiger partial charge in [-0.1, -0.05) is 30.3 Å². The number of fused-ring (bicyclic) bond motifs is 1. The van der Waals surface area contributed by atoms with E-state index in [0.29, 0.717) is 12.1 Å². The molecule has 3 rings (SSSR count). The average molecular weight is 275 g/mol. The first-order valence-corrected chi connectivity index (χ1v) is 7.07. The summed E-state index contributed by atoms with van der Waals surface area (Å²) in [6.07, 6.45) is 2.98. The minimum absolute atomic E-state index is 0.647. The van der Waals surface area contributed by atoms with Crippen LogP contribution in [0.3, 0.4) is 0 Å². The summed E-state index contributed by atoms with van der Waals surface area (Å²) in [5, 5.41) is 10.2. The molecule has 0 radical (unpaired) electrons. The molecule has 3 nitrogen and oxygen atoms in total. The third kappa shape index (κ3) is 2.67. The van der Waals surface area contributed by atoms with Gasteiger partial charge in [-0.2, -0.15) is 5.26 Å². The van der Waals surface area contributed by atoms with Gasteiger partial charge in [-0.3, -0.25) is 0 Å². The van der Waals surface area contributed by atoms with Crippen LogP contribution in [-0.4, -0.2) is 11.1 Å². The van der Waals surface area contributed by atoms with Gasteiger partial charge in [0.15, 0.2) is 0 Å². The zero-order valence-electron chi connectivity index (χ0n) is 11.8. The minimum Gasteiger partial charge on any atom is -0.343 e. The Kier molecular flexibility index (Phi) is 3.72. The number of hydrogen-bond donors (Lipinski definition) is 1. The Morgan fingerprint density at radius 2 is 1.95 bits per heavy atom. The van der Waals surface area contributed by atoms with Crippen LogP contribution in [-0.2, 0) is 13.0 Å². The maximum atomic E-state index is 9.00. The molecule has 0 aliphatic heterocycles. The Morgan fingerprint density at radius 1 is 1.10 bits per heavy atom. The summed E-state index contributed by atoms with van der Waals surface area (Å²) in [5.41, 5.74) is 10.1. The molecule has 0 aliphatic carbocycles. The van der Waals surface area contributed by atoms with Crippen molar-refractivity contribution in [3.8, 4) is 6.07 Å². The molecule has 21 heavy (non-hydrogen) atoms. The molecule has 0 spiro atoms. The van der Waals surface area contributed by atoms with E-state index >= 15 is 0 Å². The van der Waals surface area contributed by atoms with Gasteiger partial charge in [0.25, 0.3) is 0 Å². The zero-order valence-corrected chi connectivity index (χ0v) is 11.8. The molecule has 3 heteroatoms. The van der Waals surface area contributed by atoms with E-state index in [9.17, 15) is 0 Å². The van der Waals surface area contributed by atoms with Crippen LogP contribution in [0.25, 0.3) is 10.9 Å². The SMILES string of the molecule is N#Cc1cccc(Cn2ccc3cccc(CCN)c32)c1. The minimum atomic E-state index is 0.647. The lowest BCUT2D eigenvalue weighted by molar-refractivity contribution is 0.827. The van der Waals surface area contributed by atoms with Crippen molar-refractivity contribution in [1.29, 1.82) is 5.26 Å². The highest BCUT2D eigenvalue weighted by molar-refractivity contribution is 5.83. The molecule has 2 N–H and O–H groups in total.